The minimum absolute atomic E-state index is 0.0621. The van der Waals surface area contributed by atoms with Gasteiger partial charge < -0.3 is 10.4 Å². The molecule has 0 spiro atoms. The van der Waals surface area contributed by atoms with Gasteiger partial charge >= 0.3 is 5.97 Å². The lowest BCUT2D eigenvalue weighted by atomic mass is 9.96. The summed E-state index contributed by atoms with van der Waals surface area (Å²) in [5.74, 6) is -0.990. The van der Waals surface area contributed by atoms with Gasteiger partial charge in [-0.25, -0.2) is 0 Å². The highest BCUT2D eigenvalue weighted by Gasteiger charge is 2.16. The Labute approximate surface area is 113 Å². The van der Waals surface area contributed by atoms with Crippen LogP contribution < -0.4 is 5.32 Å². The Bertz CT molecular complexity index is 403. The van der Waals surface area contributed by atoms with Crippen LogP contribution in [0.3, 0.4) is 0 Å². The number of aliphatic carboxylic acids is 1. The summed E-state index contributed by atoms with van der Waals surface area (Å²) in [7, 11) is 0. The number of hydrogen-bond donors (Lipinski definition) is 2. The van der Waals surface area contributed by atoms with Crippen molar-refractivity contribution in [3.63, 3.8) is 0 Å². The molecular formula is C15H21NO3. The van der Waals surface area contributed by atoms with Crippen LogP contribution in [0.15, 0.2) is 30.3 Å². The molecule has 0 fully saturated rings. The Balaban J connectivity index is 2.37. The summed E-state index contributed by atoms with van der Waals surface area (Å²) in [6.45, 7) is 2.49. The van der Waals surface area contributed by atoms with E-state index in [1.165, 1.54) is 0 Å². The molecular weight excluding hydrogens is 242 g/mol. The molecule has 4 nitrogen and oxygen atoms in total. The summed E-state index contributed by atoms with van der Waals surface area (Å²) in [6, 6.07) is 9.66. The Morgan fingerprint density at radius 1 is 1.21 bits per heavy atom. The minimum atomic E-state index is -0.839. The number of benzene rings is 1. The Morgan fingerprint density at radius 3 is 2.47 bits per heavy atom. The molecule has 0 aliphatic rings. The lowest BCUT2D eigenvalue weighted by Gasteiger charge is -2.13. The molecule has 2 N–H and O–H groups in total. The van der Waals surface area contributed by atoms with Gasteiger partial charge in [0.15, 0.2) is 0 Å². The third kappa shape index (κ3) is 6.60. The van der Waals surface area contributed by atoms with E-state index in [-0.39, 0.29) is 24.7 Å². The topological polar surface area (TPSA) is 66.4 Å². The van der Waals surface area contributed by atoms with E-state index in [4.69, 9.17) is 5.11 Å². The highest BCUT2D eigenvalue weighted by molar-refractivity contribution is 5.77. The molecule has 1 aromatic carbocycles. The second kappa shape index (κ2) is 8.29. The van der Waals surface area contributed by atoms with Crippen LogP contribution in [0.25, 0.3) is 0 Å². The number of carbonyl (C=O) groups is 2. The van der Waals surface area contributed by atoms with Crippen LogP contribution in [0.4, 0.5) is 0 Å². The second-order valence-corrected chi connectivity index (χ2v) is 4.72. The molecule has 1 rings (SSSR count). The van der Waals surface area contributed by atoms with E-state index in [0.29, 0.717) is 6.54 Å². The summed E-state index contributed by atoms with van der Waals surface area (Å²) in [4.78, 5) is 22.5. The Kier molecular flexibility index (Phi) is 6.64. The SMILES string of the molecule is CCCC(CC(=O)O)CC(=O)NCc1ccccc1. The maximum Gasteiger partial charge on any atom is 0.303 e. The van der Waals surface area contributed by atoms with Gasteiger partial charge in [-0.15, -0.1) is 0 Å². The van der Waals surface area contributed by atoms with E-state index in [1.807, 2.05) is 37.3 Å². The van der Waals surface area contributed by atoms with E-state index >= 15 is 0 Å². The molecule has 0 bridgehead atoms. The van der Waals surface area contributed by atoms with Gasteiger partial charge in [-0.3, -0.25) is 9.59 Å². The minimum Gasteiger partial charge on any atom is -0.481 e. The summed E-state index contributed by atoms with van der Waals surface area (Å²) >= 11 is 0. The van der Waals surface area contributed by atoms with E-state index in [1.54, 1.807) is 0 Å². The molecule has 0 saturated heterocycles. The zero-order valence-electron chi connectivity index (χ0n) is 11.3. The van der Waals surface area contributed by atoms with Gasteiger partial charge in [0.05, 0.1) is 0 Å². The number of carboxylic acid groups (broad SMARTS) is 1. The van der Waals surface area contributed by atoms with Crippen molar-refractivity contribution in [2.24, 2.45) is 5.92 Å². The van der Waals surface area contributed by atoms with Crippen LogP contribution in [0.1, 0.15) is 38.2 Å². The molecule has 0 aliphatic carbocycles. The summed E-state index contributed by atoms with van der Waals surface area (Å²) in [5, 5.41) is 11.6. The van der Waals surface area contributed by atoms with Gasteiger partial charge in [-0.05, 0) is 17.9 Å². The fourth-order valence-electron chi connectivity index (χ4n) is 2.06. The van der Waals surface area contributed by atoms with E-state index in [2.05, 4.69) is 5.32 Å². The summed E-state index contributed by atoms with van der Waals surface area (Å²) in [6.07, 6.45) is 2.01. The predicted molar refractivity (Wildman–Crippen MR) is 73.6 cm³/mol. The third-order valence-electron chi connectivity index (χ3n) is 2.97. The zero-order valence-corrected chi connectivity index (χ0v) is 11.3. The molecule has 104 valence electrons. The van der Waals surface area contributed by atoms with Crippen molar-refractivity contribution in [2.45, 2.75) is 39.2 Å². The molecule has 0 aromatic heterocycles. The van der Waals surface area contributed by atoms with E-state index < -0.39 is 5.97 Å². The van der Waals surface area contributed by atoms with Gasteiger partial charge in [0, 0.05) is 19.4 Å². The first-order valence-electron chi connectivity index (χ1n) is 6.64. The Hall–Kier alpha value is -1.84. The van der Waals surface area contributed by atoms with Crippen LogP contribution in [0.2, 0.25) is 0 Å². The zero-order chi connectivity index (χ0) is 14.1. The van der Waals surface area contributed by atoms with Gasteiger partial charge in [-0.1, -0.05) is 43.7 Å². The molecule has 0 saturated carbocycles. The second-order valence-electron chi connectivity index (χ2n) is 4.72. The monoisotopic (exact) mass is 263 g/mol. The van der Waals surface area contributed by atoms with Crippen molar-refractivity contribution in [3.05, 3.63) is 35.9 Å². The van der Waals surface area contributed by atoms with Crippen molar-refractivity contribution in [3.8, 4) is 0 Å². The molecule has 0 radical (unpaired) electrons. The molecule has 4 heteroatoms. The molecule has 19 heavy (non-hydrogen) atoms. The number of amides is 1. The van der Waals surface area contributed by atoms with Crippen molar-refractivity contribution < 1.29 is 14.7 Å². The van der Waals surface area contributed by atoms with Gasteiger partial charge in [0.25, 0.3) is 0 Å². The number of carbonyl (C=O) groups excluding carboxylic acids is 1. The van der Waals surface area contributed by atoms with Crippen molar-refractivity contribution in [2.75, 3.05) is 0 Å². The number of rotatable bonds is 8. The normalized spacial score (nSPS) is 11.8. The quantitative estimate of drug-likeness (QED) is 0.757. The first kappa shape index (κ1) is 15.2. The number of hydrogen-bond acceptors (Lipinski definition) is 2. The lowest BCUT2D eigenvalue weighted by molar-refractivity contribution is -0.138. The van der Waals surface area contributed by atoms with Crippen LogP contribution in [0.5, 0.6) is 0 Å². The standard InChI is InChI=1S/C15H21NO3/c1-2-6-13(10-15(18)19)9-14(17)16-11-12-7-4-3-5-8-12/h3-5,7-8,13H,2,6,9-11H2,1H3,(H,16,17)(H,18,19). The highest BCUT2D eigenvalue weighted by atomic mass is 16.4. The summed E-state index contributed by atoms with van der Waals surface area (Å²) in [5.41, 5.74) is 1.04. The van der Waals surface area contributed by atoms with Crippen molar-refractivity contribution in [1.82, 2.24) is 5.32 Å². The molecule has 1 aromatic rings. The maximum absolute atomic E-state index is 11.8. The van der Waals surface area contributed by atoms with Crippen LogP contribution >= 0.6 is 0 Å². The fraction of sp³-hybridized carbons (Fsp3) is 0.467. The first-order chi connectivity index (χ1) is 9.11. The largest absolute Gasteiger partial charge is 0.481 e. The first-order valence-corrected chi connectivity index (χ1v) is 6.64. The van der Waals surface area contributed by atoms with Crippen LogP contribution in [0, 0.1) is 5.92 Å². The van der Waals surface area contributed by atoms with Crippen molar-refractivity contribution >= 4 is 11.9 Å². The molecule has 1 atom stereocenters. The molecule has 0 aliphatic heterocycles. The highest BCUT2D eigenvalue weighted by Crippen LogP contribution is 2.15. The fourth-order valence-corrected chi connectivity index (χ4v) is 2.06. The molecule has 1 unspecified atom stereocenters. The van der Waals surface area contributed by atoms with E-state index in [9.17, 15) is 9.59 Å². The van der Waals surface area contributed by atoms with Gasteiger partial charge in [0.2, 0.25) is 5.91 Å². The van der Waals surface area contributed by atoms with Crippen LogP contribution in [-0.4, -0.2) is 17.0 Å². The van der Waals surface area contributed by atoms with E-state index in [0.717, 1.165) is 18.4 Å². The van der Waals surface area contributed by atoms with Crippen molar-refractivity contribution in [1.29, 1.82) is 0 Å². The average Bonchev–Trinajstić information content (AvgIpc) is 2.37. The maximum atomic E-state index is 11.8. The van der Waals surface area contributed by atoms with Gasteiger partial charge in [-0.2, -0.15) is 0 Å². The number of carboxylic acids is 1. The molecule has 1 amide bonds. The summed E-state index contributed by atoms with van der Waals surface area (Å²) < 4.78 is 0. The third-order valence-corrected chi connectivity index (χ3v) is 2.97. The Morgan fingerprint density at radius 2 is 1.89 bits per heavy atom. The smallest absolute Gasteiger partial charge is 0.303 e. The van der Waals surface area contributed by atoms with Crippen LogP contribution in [-0.2, 0) is 16.1 Å². The number of nitrogens with one attached hydrogen (secondary N) is 1. The lowest BCUT2D eigenvalue weighted by Crippen LogP contribution is -2.26. The predicted octanol–water partition coefficient (Wildman–Crippen LogP) is 2.58. The van der Waals surface area contributed by atoms with Gasteiger partial charge in [0.1, 0.15) is 0 Å². The molecule has 0 heterocycles. The average molecular weight is 263 g/mol.